The minimum atomic E-state index is 0.0405. The molecule has 2 heterocycles. The van der Waals surface area contributed by atoms with Gasteiger partial charge in [0.2, 0.25) is 5.91 Å². The summed E-state index contributed by atoms with van der Waals surface area (Å²) in [6.45, 7) is 4.25. The highest BCUT2D eigenvalue weighted by Crippen LogP contribution is 2.07. The van der Waals surface area contributed by atoms with E-state index in [1.165, 1.54) is 0 Å². The Bertz CT molecular complexity index is 377. The summed E-state index contributed by atoms with van der Waals surface area (Å²) < 4.78 is 7.20. The standard InChI is InChI=1S/C11H18N4O2/c1-9-3-2-5-15-7-10(13-14-15)8-17-6-4-12-11(9)16/h7,9H,2-6,8H2,1H3,(H,12,16)/t9-/m1/s1. The van der Waals surface area contributed by atoms with Gasteiger partial charge in [-0.25, -0.2) is 0 Å². The Hall–Kier alpha value is -1.43. The molecule has 1 aromatic heterocycles. The van der Waals surface area contributed by atoms with Crippen molar-refractivity contribution in [2.24, 2.45) is 5.92 Å². The fraction of sp³-hybridized carbons (Fsp3) is 0.727. The average molecular weight is 238 g/mol. The minimum Gasteiger partial charge on any atom is -0.373 e. The number of nitrogens with one attached hydrogen (secondary N) is 1. The van der Waals surface area contributed by atoms with E-state index in [9.17, 15) is 4.79 Å². The first kappa shape index (κ1) is 12.0. The molecule has 6 heteroatoms. The maximum absolute atomic E-state index is 11.6. The van der Waals surface area contributed by atoms with E-state index in [-0.39, 0.29) is 11.8 Å². The van der Waals surface area contributed by atoms with Crippen LogP contribution in [0.4, 0.5) is 0 Å². The molecule has 6 nitrogen and oxygen atoms in total. The molecule has 0 radical (unpaired) electrons. The van der Waals surface area contributed by atoms with E-state index in [1.54, 1.807) is 4.68 Å². The molecule has 0 aliphatic carbocycles. The van der Waals surface area contributed by atoms with Crippen molar-refractivity contribution in [1.29, 1.82) is 0 Å². The molecule has 1 aliphatic rings. The summed E-state index contributed by atoms with van der Waals surface area (Å²) in [5, 5.41) is 10.9. The number of rotatable bonds is 0. The quantitative estimate of drug-likeness (QED) is 0.707. The van der Waals surface area contributed by atoms with Gasteiger partial charge in [0.1, 0.15) is 5.69 Å². The van der Waals surface area contributed by atoms with Gasteiger partial charge in [-0.1, -0.05) is 12.1 Å². The van der Waals surface area contributed by atoms with Crippen molar-refractivity contribution in [2.75, 3.05) is 13.2 Å². The highest BCUT2D eigenvalue weighted by atomic mass is 16.5. The van der Waals surface area contributed by atoms with Crippen LogP contribution in [0, 0.1) is 5.92 Å². The smallest absolute Gasteiger partial charge is 0.222 e. The lowest BCUT2D eigenvalue weighted by molar-refractivity contribution is -0.125. The molecule has 17 heavy (non-hydrogen) atoms. The molecule has 1 aliphatic heterocycles. The number of ether oxygens (including phenoxy) is 1. The number of aromatic nitrogens is 3. The zero-order valence-electron chi connectivity index (χ0n) is 10.1. The van der Waals surface area contributed by atoms with Gasteiger partial charge in [-0.2, -0.15) is 0 Å². The summed E-state index contributed by atoms with van der Waals surface area (Å²) in [5.41, 5.74) is 0.837. The first-order valence-electron chi connectivity index (χ1n) is 6.00. The second-order valence-electron chi connectivity index (χ2n) is 4.36. The number of amides is 1. The highest BCUT2D eigenvalue weighted by molar-refractivity contribution is 5.78. The van der Waals surface area contributed by atoms with Crippen molar-refractivity contribution in [1.82, 2.24) is 20.3 Å². The molecule has 2 rings (SSSR count). The lowest BCUT2D eigenvalue weighted by Gasteiger charge is -2.11. The maximum Gasteiger partial charge on any atom is 0.222 e. The van der Waals surface area contributed by atoms with Crippen LogP contribution in [0.25, 0.3) is 0 Å². The molecular weight excluding hydrogens is 220 g/mol. The molecule has 0 unspecified atom stereocenters. The molecule has 0 spiro atoms. The maximum atomic E-state index is 11.6. The van der Waals surface area contributed by atoms with Crippen molar-refractivity contribution in [2.45, 2.75) is 32.9 Å². The van der Waals surface area contributed by atoms with Crippen molar-refractivity contribution in [3.8, 4) is 0 Å². The molecule has 1 amide bonds. The minimum absolute atomic E-state index is 0.0405. The largest absolute Gasteiger partial charge is 0.373 e. The third-order valence-corrected chi connectivity index (χ3v) is 2.85. The van der Waals surface area contributed by atoms with Gasteiger partial charge in [0.15, 0.2) is 0 Å². The number of hydrogen-bond acceptors (Lipinski definition) is 4. The monoisotopic (exact) mass is 238 g/mol. The Morgan fingerprint density at radius 1 is 1.59 bits per heavy atom. The van der Waals surface area contributed by atoms with Crippen LogP contribution < -0.4 is 5.32 Å². The molecule has 1 N–H and O–H groups in total. The molecule has 94 valence electrons. The van der Waals surface area contributed by atoms with Gasteiger partial charge >= 0.3 is 0 Å². The van der Waals surface area contributed by atoms with E-state index in [2.05, 4.69) is 15.6 Å². The second-order valence-corrected chi connectivity index (χ2v) is 4.36. The fourth-order valence-electron chi connectivity index (χ4n) is 1.80. The van der Waals surface area contributed by atoms with Gasteiger partial charge in [-0.3, -0.25) is 9.48 Å². The molecule has 0 fully saturated rings. The normalized spacial score (nSPS) is 23.1. The fourth-order valence-corrected chi connectivity index (χ4v) is 1.80. The molecule has 0 aromatic carbocycles. The Balaban J connectivity index is 1.96. The van der Waals surface area contributed by atoms with E-state index in [0.29, 0.717) is 19.8 Å². The first-order chi connectivity index (χ1) is 8.25. The molecule has 0 saturated heterocycles. The van der Waals surface area contributed by atoms with E-state index >= 15 is 0 Å². The lowest BCUT2D eigenvalue weighted by atomic mass is 10.1. The van der Waals surface area contributed by atoms with Crippen molar-refractivity contribution >= 4 is 5.91 Å². The average Bonchev–Trinajstić information content (AvgIpc) is 2.75. The molecule has 1 atom stereocenters. The second kappa shape index (κ2) is 5.77. The summed E-state index contributed by atoms with van der Waals surface area (Å²) in [5.74, 6) is 0.144. The van der Waals surface area contributed by atoms with E-state index in [4.69, 9.17) is 4.74 Å². The Morgan fingerprint density at radius 2 is 2.47 bits per heavy atom. The zero-order valence-corrected chi connectivity index (χ0v) is 10.1. The van der Waals surface area contributed by atoms with Gasteiger partial charge in [-0.05, 0) is 12.8 Å². The van der Waals surface area contributed by atoms with Gasteiger partial charge in [-0.15, -0.1) is 5.10 Å². The lowest BCUT2D eigenvalue weighted by Crippen LogP contribution is -2.32. The number of nitrogens with zero attached hydrogens (tertiary/aromatic N) is 3. The molecule has 0 saturated carbocycles. The summed E-state index contributed by atoms with van der Waals surface area (Å²) in [7, 11) is 0. The van der Waals surface area contributed by atoms with Crippen molar-refractivity contribution in [3.05, 3.63) is 11.9 Å². The van der Waals surface area contributed by atoms with Crippen LogP contribution >= 0.6 is 0 Å². The first-order valence-corrected chi connectivity index (χ1v) is 6.00. The predicted octanol–water partition coefficient (Wildman–Crippen LogP) is 0.341. The molecular formula is C11H18N4O2. The number of fused-ring (bicyclic) bond motifs is 2. The third-order valence-electron chi connectivity index (χ3n) is 2.85. The molecule has 2 bridgehead atoms. The van der Waals surface area contributed by atoms with Crippen LogP contribution in [-0.2, 0) is 22.7 Å². The number of hydrogen-bond donors (Lipinski definition) is 1. The number of carbonyl (C=O) groups excluding carboxylic acids is 1. The summed E-state index contributed by atoms with van der Waals surface area (Å²) >= 11 is 0. The summed E-state index contributed by atoms with van der Waals surface area (Å²) in [4.78, 5) is 11.6. The van der Waals surface area contributed by atoms with Crippen LogP contribution in [0.1, 0.15) is 25.5 Å². The Labute approximate surface area is 100 Å². The number of aryl methyl sites for hydroxylation is 1. The SMILES string of the molecule is C[C@@H]1CCCn2cc(nn2)COCCNC1=O. The van der Waals surface area contributed by atoms with Crippen molar-refractivity contribution in [3.63, 3.8) is 0 Å². The molecule has 1 aromatic rings. The van der Waals surface area contributed by atoms with Gasteiger partial charge in [0, 0.05) is 19.0 Å². The van der Waals surface area contributed by atoms with Crippen molar-refractivity contribution < 1.29 is 9.53 Å². The topological polar surface area (TPSA) is 69.0 Å². The van der Waals surface area contributed by atoms with Crippen LogP contribution in [0.15, 0.2) is 6.20 Å². The Morgan fingerprint density at radius 3 is 3.35 bits per heavy atom. The van der Waals surface area contributed by atoms with Gasteiger partial charge in [0.25, 0.3) is 0 Å². The van der Waals surface area contributed by atoms with Gasteiger partial charge in [0.05, 0.1) is 19.4 Å². The summed E-state index contributed by atoms with van der Waals surface area (Å²) in [6, 6.07) is 0. The zero-order chi connectivity index (χ0) is 12.1. The summed E-state index contributed by atoms with van der Waals surface area (Å²) in [6.07, 6.45) is 3.69. The Kier molecular flexibility index (Phi) is 4.08. The predicted molar refractivity (Wildman–Crippen MR) is 61.1 cm³/mol. The highest BCUT2D eigenvalue weighted by Gasteiger charge is 2.12. The van der Waals surface area contributed by atoms with Gasteiger partial charge < -0.3 is 10.1 Å². The number of carbonyl (C=O) groups is 1. The van der Waals surface area contributed by atoms with E-state index < -0.39 is 0 Å². The van der Waals surface area contributed by atoms with Crippen LogP contribution in [0.2, 0.25) is 0 Å². The van der Waals surface area contributed by atoms with E-state index in [0.717, 1.165) is 25.1 Å². The van der Waals surface area contributed by atoms with E-state index in [1.807, 2.05) is 13.1 Å². The van der Waals surface area contributed by atoms with Crippen LogP contribution in [0.3, 0.4) is 0 Å². The van der Waals surface area contributed by atoms with Crippen LogP contribution in [-0.4, -0.2) is 34.1 Å². The van der Waals surface area contributed by atoms with Crippen LogP contribution in [0.5, 0.6) is 0 Å². The third kappa shape index (κ3) is 3.52.